The molecule has 0 aliphatic heterocycles. The number of fused-ring (bicyclic) bond motifs is 2. The summed E-state index contributed by atoms with van der Waals surface area (Å²) in [5.41, 5.74) is 10.5. The number of pyridine rings is 1. The van der Waals surface area contributed by atoms with Gasteiger partial charge in [0.2, 0.25) is 0 Å². The van der Waals surface area contributed by atoms with Gasteiger partial charge in [-0.2, -0.15) is 0 Å². The van der Waals surface area contributed by atoms with Crippen molar-refractivity contribution < 1.29 is 0 Å². The number of halogens is 1. The second kappa shape index (κ2) is 7.50. The average molecular weight is 441 g/mol. The van der Waals surface area contributed by atoms with Crippen LogP contribution in [0.4, 0.5) is 17.3 Å². The molecule has 3 heterocycles. The van der Waals surface area contributed by atoms with E-state index < -0.39 is 0 Å². The minimum Gasteiger partial charge on any atom is -0.382 e. The lowest BCUT2D eigenvalue weighted by molar-refractivity contribution is 0.400. The SMILES string of the molecule is Nc1nccn2c(C3CCC3)nc(-c3cc4nc(Nc5ccccc5)ccc4cc3Cl)c12. The quantitative estimate of drug-likeness (QED) is 0.348. The lowest BCUT2D eigenvalue weighted by Crippen LogP contribution is -2.12. The van der Waals surface area contributed by atoms with Gasteiger partial charge >= 0.3 is 0 Å². The van der Waals surface area contributed by atoms with E-state index in [2.05, 4.69) is 14.7 Å². The fourth-order valence-electron chi connectivity index (χ4n) is 4.29. The molecule has 0 amide bonds. The molecule has 0 atom stereocenters. The highest BCUT2D eigenvalue weighted by atomic mass is 35.5. The molecule has 3 N–H and O–H groups in total. The Morgan fingerprint density at radius 3 is 2.66 bits per heavy atom. The maximum atomic E-state index is 6.74. The van der Waals surface area contributed by atoms with Gasteiger partial charge in [0.25, 0.3) is 0 Å². The summed E-state index contributed by atoms with van der Waals surface area (Å²) in [6.07, 6.45) is 7.17. The maximum absolute atomic E-state index is 6.74. The van der Waals surface area contributed by atoms with E-state index >= 15 is 0 Å². The summed E-state index contributed by atoms with van der Waals surface area (Å²) >= 11 is 6.74. The standard InChI is InChI=1S/C25H21ClN6/c26-19-13-16-9-10-21(29-17-7-2-1-3-8-17)30-20(16)14-18(19)22-23-24(27)28-11-12-32(23)25(31-22)15-5-4-6-15/h1-3,7-15H,4-6H2,(H2,27,28)(H,29,30). The number of nitrogens with one attached hydrogen (secondary N) is 1. The summed E-state index contributed by atoms with van der Waals surface area (Å²) in [6, 6.07) is 17.9. The Hall–Kier alpha value is -3.64. The zero-order valence-electron chi connectivity index (χ0n) is 17.3. The Morgan fingerprint density at radius 2 is 1.88 bits per heavy atom. The number of nitrogens with two attached hydrogens (primary N) is 1. The van der Waals surface area contributed by atoms with Gasteiger partial charge in [-0.1, -0.05) is 36.2 Å². The number of hydrogen-bond acceptors (Lipinski definition) is 5. The van der Waals surface area contributed by atoms with Crippen LogP contribution >= 0.6 is 11.6 Å². The Balaban J connectivity index is 1.50. The summed E-state index contributed by atoms with van der Waals surface area (Å²) in [5.74, 6) is 2.68. The molecule has 0 saturated heterocycles. The fraction of sp³-hybridized carbons (Fsp3) is 0.160. The zero-order valence-corrected chi connectivity index (χ0v) is 18.0. The number of anilines is 3. The normalized spacial score (nSPS) is 14.0. The molecule has 1 aliphatic rings. The maximum Gasteiger partial charge on any atom is 0.150 e. The number of aromatic nitrogens is 4. The predicted molar refractivity (Wildman–Crippen MR) is 129 cm³/mol. The van der Waals surface area contributed by atoms with Gasteiger partial charge in [0.1, 0.15) is 28.7 Å². The van der Waals surface area contributed by atoms with E-state index in [0.29, 0.717) is 16.8 Å². The van der Waals surface area contributed by atoms with Gasteiger partial charge in [0.15, 0.2) is 0 Å². The van der Waals surface area contributed by atoms with Crippen LogP contribution < -0.4 is 11.1 Å². The molecule has 0 radical (unpaired) electrons. The van der Waals surface area contributed by atoms with Gasteiger partial charge in [-0.05, 0) is 49.2 Å². The van der Waals surface area contributed by atoms with Crippen LogP contribution in [0.2, 0.25) is 5.02 Å². The van der Waals surface area contributed by atoms with Gasteiger partial charge in [-0.3, -0.25) is 4.40 Å². The van der Waals surface area contributed by atoms with E-state index in [1.54, 1.807) is 6.20 Å². The van der Waals surface area contributed by atoms with Crippen molar-refractivity contribution in [2.45, 2.75) is 25.2 Å². The number of nitrogen functional groups attached to an aromatic ring is 1. The Bertz CT molecular complexity index is 1460. The van der Waals surface area contributed by atoms with Crippen molar-refractivity contribution in [3.05, 3.63) is 77.8 Å². The topological polar surface area (TPSA) is 81.1 Å². The highest BCUT2D eigenvalue weighted by Crippen LogP contribution is 2.41. The average Bonchev–Trinajstić information content (AvgIpc) is 3.13. The van der Waals surface area contributed by atoms with Crippen molar-refractivity contribution in [1.29, 1.82) is 0 Å². The number of para-hydroxylation sites is 1. The van der Waals surface area contributed by atoms with Gasteiger partial charge in [0, 0.05) is 34.9 Å². The van der Waals surface area contributed by atoms with Crippen LogP contribution in [0.15, 0.2) is 67.0 Å². The van der Waals surface area contributed by atoms with Crippen molar-refractivity contribution in [1.82, 2.24) is 19.4 Å². The van der Waals surface area contributed by atoms with Crippen molar-refractivity contribution in [3.63, 3.8) is 0 Å². The van der Waals surface area contributed by atoms with E-state index in [0.717, 1.165) is 57.8 Å². The second-order valence-corrected chi connectivity index (χ2v) is 8.60. The van der Waals surface area contributed by atoms with Crippen molar-refractivity contribution in [2.24, 2.45) is 0 Å². The number of imidazole rings is 1. The van der Waals surface area contributed by atoms with Crippen molar-refractivity contribution in [2.75, 3.05) is 11.1 Å². The molecular weight excluding hydrogens is 420 g/mol. The summed E-state index contributed by atoms with van der Waals surface area (Å²) < 4.78 is 2.07. The van der Waals surface area contributed by atoms with E-state index in [1.807, 2.05) is 60.8 Å². The van der Waals surface area contributed by atoms with E-state index in [4.69, 9.17) is 27.3 Å². The Labute approximate surface area is 190 Å². The summed E-state index contributed by atoms with van der Waals surface area (Å²) in [5, 5.41) is 4.93. The van der Waals surface area contributed by atoms with Gasteiger partial charge in [-0.15, -0.1) is 0 Å². The summed E-state index contributed by atoms with van der Waals surface area (Å²) in [7, 11) is 0. The molecule has 6 rings (SSSR count). The molecule has 1 fully saturated rings. The zero-order chi connectivity index (χ0) is 21.7. The molecule has 0 bridgehead atoms. The minimum atomic E-state index is 0.442. The molecule has 5 aromatic rings. The monoisotopic (exact) mass is 440 g/mol. The molecule has 6 nitrogen and oxygen atoms in total. The summed E-state index contributed by atoms with van der Waals surface area (Å²) in [4.78, 5) is 14.1. The van der Waals surface area contributed by atoms with E-state index in [-0.39, 0.29) is 0 Å². The van der Waals surface area contributed by atoms with E-state index in [9.17, 15) is 0 Å². The van der Waals surface area contributed by atoms with Crippen molar-refractivity contribution >= 4 is 45.3 Å². The van der Waals surface area contributed by atoms with Crippen LogP contribution in [0.3, 0.4) is 0 Å². The van der Waals surface area contributed by atoms with Crippen LogP contribution in [0.5, 0.6) is 0 Å². The lowest BCUT2D eigenvalue weighted by Gasteiger charge is -2.23. The van der Waals surface area contributed by atoms with Crippen LogP contribution in [0.1, 0.15) is 31.0 Å². The number of benzene rings is 2. The third kappa shape index (κ3) is 3.15. The first-order valence-electron chi connectivity index (χ1n) is 10.7. The molecule has 3 aromatic heterocycles. The molecule has 0 unspecified atom stereocenters. The fourth-order valence-corrected chi connectivity index (χ4v) is 4.55. The second-order valence-electron chi connectivity index (χ2n) is 8.19. The van der Waals surface area contributed by atoms with Crippen LogP contribution in [-0.4, -0.2) is 19.4 Å². The highest BCUT2D eigenvalue weighted by molar-refractivity contribution is 6.34. The first-order valence-corrected chi connectivity index (χ1v) is 11.1. The number of nitrogens with zero attached hydrogens (tertiary/aromatic N) is 4. The van der Waals surface area contributed by atoms with Gasteiger partial charge in [-0.25, -0.2) is 15.0 Å². The number of rotatable bonds is 4. The third-order valence-electron chi connectivity index (χ3n) is 6.16. The van der Waals surface area contributed by atoms with Crippen LogP contribution in [-0.2, 0) is 0 Å². The third-order valence-corrected chi connectivity index (χ3v) is 6.47. The molecule has 7 heteroatoms. The molecule has 2 aromatic carbocycles. The smallest absolute Gasteiger partial charge is 0.150 e. The molecule has 1 aliphatic carbocycles. The van der Waals surface area contributed by atoms with E-state index in [1.165, 1.54) is 6.42 Å². The molecule has 32 heavy (non-hydrogen) atoms. The summed E-state index contributed by atoms with van der Waals surface area (Å²) in [6.45, 7) is 0. The Morgan fingerprint density at radius 1 is 1.03 bits per heavy atom. The first-order chi connectivity index (χ1) is 15.7. The lowest BCUT2D eigenvalue weighted by atomic mass is 9.85. The largest absolute Gasteiger partial charge is 0.382 e. The molecule has 0 spiro atoms. The van der Waals surface area contributed by atoms with Gasteiger partial charge < -0.3 is 11.1 Å². The predicted octanol–water partition coefficient (Wildman–Crippen LogP) is 6.19. The highest BCUT2D eigenvalue weighted by Gasteiger charge is 2.27. The molecular formula is C25H21ClN6. The van der Waals surface area contributed by atoms with Crippen LogP contribution in [0, 0.1) is 0 Å². The Kier molecular flexibility index (Phi) is 4.47. The molecule has 1 saturated carbocycles. The van der Waals surface area contributed by atoms with Crippen molar-refractivity contribution in [3.8, 4) is 11.3 Å². The number of hydrogen-bond donors (Lipinski definition) is 2. The minimum absolute atomic E-state index is 0.442. The van der Waals surface area contributed by atoms with Crippen LogP contribution in [0.25, 0.3) is 27.7 Å². The van der Waals surface area contributed by atoms with Gasteiger partial charge in [0.05, 0.1) is 10.5 Å². The molecule has 158 valence electrons. The first kappa shape index (κ1) is 19.1.